The van der Waals surface area contributed by atoms with E-state index in [9.17, 15) is 15.4 Å². The third-order valence-corrected chi connectivity index (χ3v) is 3.88. The van der Waals surface area contributed by atoms with E-state index in [4.69, 9.17) is 4.74 Å². The number of anilines is 1. The summed E-state index contributed by atoms with van der Waals surface area (Å²) < 4.78 is 5.36. The van der Waals surface area contributed by atoms with Gasteiger partial charge in [0.25, 0.3) is 0 Å². The van der Waals surface area contributed by atoms with Crippen LogP contribution >= 0.6 is 0 Å². The Balaban J connectivity index is 2.23. The van der Waals surface area contributed by atoms with Crippen LogP contribution in [0.4, 0.5) is 5.69 Å². The molecule has 1 aromatic rings. The zero-order valence-electron chi connectivity index (χ0n) is 13.5. The molecule has 0 bridgehead atoms. The first-order valence-electron chi connectivity index (χ1n) is 7.79. The molecule has 0 aliphatic carbocycles. The number of nitro groups is 1. The SMILES string of the molecule is CCOCCCN1CCc2cc(/C=C(\C)[N+](=O)[O-])cc(C#N)c21. The Bertz CT molecular complexity index is 662. The fourth-order valence-electron chi connectivity index (χ4n) is 2.84. The van der Waals surface area contributed by atoms with Gasteiger partial charge in [0, 0.05) is 39.3 Å². The molecule has 23 heavy (non-hydrogen) atoms. The molecule has 6 nitrogen and oxygen atoms in total. The molecule has 1 aliphatic heterocycles. The average molecular weight is 315 g/mol. The fraction of sp³-hybridized carbons (Fsp3) is 0.471. The first kappa shape index (κ1) is 17.0. The van der Waals surface area contributed by atoms with E-state index in [1.54, 1.807) is 6.07 Å². The number of nitriles is 1. The summed E-state index contributed by atoms with van der Waals surface area (Å²) in [5, 5.41) is 20.2. The van der Waals surface area contributed by atoms with E-state index in [1.807, 2.05) is 13.0 Å². The van der Waals surface area contributed by atoms with Gasteiger partial charge in [0.2, 0.25) is 5.70 Å². The van der Waals surface area contributed by atoms with Gasteiger partial charge in [-0.15, -0.1) is 0 Å². The lowest BCUT2D eigenvalue weighted by atomic mass is 10.0. The average Bonchev–Trinajstić information content (AvgIpc) is 2.93. The van der Waals surface area contributed by atoms with Crippen LogP contribution in [0.2, 0.25) is 0 Å². The molecule has 0 amide bonds. The summed E-state index contributed by atoms with van der Waals surface area (Å²) in [7, 11) is 0. The van der Waals surface area contributed by atoms with Gasteiger partial charge in [0.15, 0.2) is 0 Å². The summed E-state index contributed by atoms with van der Waals surface area (Å²) in [5.74, 6) is 0. The van der Waals surface area contributed by atoms with Crippen molar-refractivity contribution in [3.05, 3.63) is 44.6 Å². The lowest BCUT2D eigenvalue weighted by Crippen LogP contribution is -2.23. The number of fused-ring (bicyclic) bond motifs is 1. The van der Waals surface area contributed by atoms with Crippen LogP contribution in [-0.4, -0.2) is 31.2 Å². The third kappa shape index (κ3) is 4.08. The molecule has 0 spiro atoms. The maximum atomic E-state index is 10.8. The molecule has 0 saturated carbocycles. The highest BCUT2D eigenvalue weighted by atomic mass is 16.6. The molecule has 0 unspecified atom stereocenters. The van der Waals surface area contributed by atoms with Crippen LogP contribution < -0.4 is 4.90 Å². The number of ether oxygens (including phenoxy) is 1. The zero-order valence-corrected chi connectivity index (χ0v) is 13.5. The number of allylic oxidation sites excluding steroid dienone is 1. The molecule has 6 heteroatoms. The highest BCUT2D eigenvalue weighted by molar-refractivity contribution is 5.71. The van der Waals surface area contributed by atoms with Crippen molar-refractivity contribution in [1.82, 2.24) is 0 Å². The Morgan fingerprint density at radius 3 is 3.00 bits per heavy atom. The molecule has 0 atom stereocenters. The van der Waals surface area contributed by atoms with Crippen LogP contribution in [-0.2, 0) is 11.2 Å². The van der Waals surface area contributed by atoms with Gasteiger partial charge in [-0.2, -0.15) is 5.26 Å². The number of hydrogen-bond donors (Lipinski definition) is 0. The number of hydrogen-bond acceptors (Lipinski definition) is 5. The van der Waals surface area contributed by atoms with Crippen molar-refractivity contribution >= 4 is 11.8 Å². The molecule has 0 radical (unpaired) electrons. The van der Waals surface area contributed by atoms with Crippen LogP contribution in [0.15, 0.2) is 17.8 Å². The van der Waals surface area contributed by atoms with E-state index >= 15 is 0 Å². The van der Waals surface area contributed by atoms with Gasteiger partial charge in [-0.25, -0.2) is 0 Å². The summed E-state index contributed by atoms with van der Waals surface area (Å²) in [6.07, 6.45) is 3.29. The summed E-state index contributed by atoms with van der Waals surface area (Å²) in [4.78, 5) is 12.6. The molecule has 0 saturated heterocycles. The number of nitrogens with zero attached hydrogens (tertiary/aromatic N) is 3. The van der Waals surface area contributed by atoms with Crippen molar-refractivity contribution in [3.8, 4) is 6.07 Å². The summed E-state index contributed by atoms with van der Waals surface area (Å²) in [6.45, 7) is 6.58. The minimum Gasteiger partial charge on any atom is -0.382 e. The van der Waals surface area contributed by atoms with Gasteiger partial charge in [0.1, 0.15) is 6.07 Å². The highest BCUT2D eigenvalue weighted by Crippen LogP contribution is 2.33. The van der Waals surface area contributed by atoms with Crippen LogP contribution in [0, 0.1) is 21.4 Å². The Morgan fingerprint density at radius 2 is 2.35 bits per heavy atom. The molecule has 0 N–H and O–H groups in total. The monoisotopic (exact) mass is 315 g/mol. The van der Waals surface area contributed by atoms with Crippen molar-refractivity contribution in [2.45, 2.75) is 26.7 Å². The molecule has 1 aliphatic rings. The second-order valence-electron chi connectivity index (χ2n) is 5.52. The minimum absolute atomic E-state index is 0.0698. The zero-order chi connectivity index (χ0) is 16.8. The Hall–Kier alpha value is -2.39. The molecule has 1 heterocycles. The van der Waals surface area contributed by atoms with Crippen molar-refractivity contribution in [2.24, 2.45) is 0 Å². The topological polar surface area (TPSA) is 79.4 Å². The summed E-state index contributed by atoms with van der Waals surface area (Å²) >= 11 is 0. The third-order valence-electron chi connectivity index (χ3n) is 3.88. The lowest BCUT2D eigenvalue weighted by Gasteiger charge is -2.20. The summed E-state index contributed by atoms with van der Waals surface area (Å²) in [5.41, 5.74) is 3.42. The van der Waals surface area contributed by atoms with E-state index in [-0.39, 0.29) is 5.70 Å². The molecule has 122 valence electrons. The maximum absolute atomic E-state index is 10.8. The molecule has 0 aromatic heterocycles. The minimum atomic E-state index is -0.417. The van der Waals surface area contributed by atoms with Gasteiger partial charge in [-0.05, 0) is 43.0 Å². The second-order valence-corrected chi connectivity index (χ2v) is 5.52. The predicted molar refractivity (Wildman–Crippen MR) is 88.8 cm³/mol. The van der Waals surface area contributed by atoms with E-state index in [0.717, 1.165) is 37.2 Å². The van der Waals surface area contributed by atoms with Crippen molar-refractivity contribution in [2.75, 3.05) is 31.2 Å². The van der Waals surface area contributed by atoms with Crippen molar-refractivity contribution < 1.29 is 9.66 Å². The first-order valence-corrected chi connectivity index (χ1v) is 7.79. The van der Waals surface area contributed by atoms with E-state index in [2.05, 4.69) is 11.0 Å². The van der Waals surface area contributed by atoms with Crippen molar-refractivity contribution in [3.63, 3.8) is 0 Å². The van der Waals surface area contributed by atoms with E-state index < -0.39 is 4.92 Å². The standard InChI is InChI=1S/C17H21N3O3/c1-3-23-8-4-6-19-7-5-15-10-14(9-13(2)20(21)22)11-16(12-18)17(15)19/h9-11H,3-8H2,1-2H3/b13-9+. The normalized spacial score (nSPS) is 13.8. The largest absolute Gasteiger partial charge is 0.382 e. The van der Waals surface area contributed by atoms with Crippen LogP contribution in [0.25, 0.3) is 6.08 Å². The van der Waals surface area contributed by atoms with Crippen LogP contribution in [0.5, 0.6) is 0 Å². The number of benzene rings is 1. The smallest absolute Gasteiger partial charge is 0.243 e. The second kappa shape index (κ2) is 7.75. The molecular weight excluding hydrogens is 294 g/mol. The van der Waals surface area contributed by atoms with Crippen LogP contribution in [0.3, 0.4) is 0 Å². The Labute approximate surface area is 136 Å². The highest BCUT2D eigenvalue weighted by Gasteiger charge is 2.23. The number of rotatable bonds is 7. The maximum Gasteiger partial charge on any atom is 0.243 e. The van der Waals surface area contributed by atoms with Crippen molar-refractivity contribution in [1.29, 1.82) is 5.26 Å². The summed E-state index contributed by atoms with van der Waals surface area (Å²) in [6, 6.07) is 5.91. The van der Waals surface area contributed by atoms with Gasteiger partial charge >= 0.3 is 0 Å². The van der Waals surface area contributed by atoms with Gasteiger partial charge in [-0.1, -0.05) is 0 Å². The molecular formula is C17H21N3O3. The van der Waals surface area contributed by atoms with Gasteiger partial charge in [0.05, 0.1) is 16.2 Å². The van der Waals surface area contributed by atoms with Gasteiger partial charge in [-0.3, -0.25) is 10.1 Å². The van der Waals surface area contributed by atoms with E-state index in [1.165, 1.54) is 13.0 Å². The molecule has 1 aromatic carbocycles. The molecule has 2 rings (SSSR count). The van der Waals surface area contributed by atoms with Gasteiger partial charge < -0.3 is 9.64 Å². The Morgan fingerprint density at radius 1 is 1.57 bits per heavy atom. The first-order chi connectivity index (χ1) is 11.1. The predicted octanol–water partition coefficient (Wildman–Crippen LogP) is 2.98. The Kier molecular flexibility index (Phi) is 5.72. The quantitative estimate of drug-likeness (QED) is 0.439. The van der Waals surface area contributed by atoms with E-state index in [0.29, 0.717) is 24.3 Å². The molecule has 0 fully saturated rings. The fourth-order valence-corrected chi connectivity index (χ4v) is 2.84. The van der Waals surface area contributed by atoms with Crippen LogP contribution in [0.1, 0.15) is 37.0 Å². The lowest BCUT2D eigenvalue weighted by molar-refractivity contribution is -0.422.